The molecule has 0 aliphatic rings. The summed E-state index contributed by atoms with van der Waals surface area (Å²) in [6.45, 7) is 1.40. The highest BCUT2D eigenvalue weighted by Gasteiger charge is 2.56. The topological polar surface area (TPSA) is 58.6 Å². The third kappa shape index (κ3) is 2.52. The first kappa shape index (κ1) is 13.0. The average Bonchev–Trinajstić information content (AvgIpc) is 2.29. The van der Waals surface area contributed by atoms with Gasteiger partial charge in [-0.2, -0.15) is 0 Å². The normalized spacial score (nSPS) is 12.4. The van der Waals surface area contributed by atoms with E-state index in [1.807, 2.05) is 0 Å². The zero-order chi connectivity index (χ0) is 12.2. The molecule has 2 N–H and O–H groups in total. The number of hydrogen-bond donors (Lipinski definition) is 2. The molecule has 0 bridgehead atoms. The summed E-state index contributed by atoms with van der Waals surface area (Å²) < 4.78 is 42.9. The van der Waals surface area contributed by atoms with Crippen molar-refractivity contribution >= 4 is 13.7 Å². The molecule has 1 unspecified atom stereocenters. The van der Waals surface area contributed by atoms with Crippen LogP contribution in [0.15, 0.2) is 24.3 Å². The van der Waals surface area contributed by atoms with Gasteiger partial charge in [0, 0.05) is 0 Å². The molecule has 0 amide bonds. The second kappa shape index (κ2) is 5.30. The maximum atomic E-state index is 13.6. The van der Waals surface area contributed by atoms with Crippen molar-refractivity contribution in [3.05, 3.63) is 29.8 Å². The Hall–Kier alpha value is -1.10. The summed E-state index contributed by atoms with van der Waals surface area (Å²) >= 11 is 0. The van der Waals surface area contributed by atoms with Crippen LogP contribution in [-0.4, -0.2) is 11.8 Å². The van der Waals surface area contributed by atoms with Gasteiger partial charge >= 0.3 is 13.7 Å². The lowest BCUT2D eigenvalue weighted by molar-refractivity contribution is 0.0751. The highest BCUT2D eigenvalue weighted by molar-refractivity contribution is 7.40. The van der Waals surface area contributed by atoms with Gasteiger partial charge in [-0.05, 0) is 23.6 Å². The lowest BCUT2D eigenvalue weighted by atomic mass is 10.2. The van der Waals surface area contributed by atoms with E-state index in [2.05, 4.69) is 4.52 Å². The van der Waals surface area contributed by atoms with Crippen LogP contribution in [0.4, 0.5) is 14.5 Å². The van der Waals surface area contributed by atoms with Gasteiger partial charge in [-0.1, -0.05) is 12.1 Å². The Kier molecular flexibility index (Phi) is 4.29. The van der Waals surface area contributed by atoms with Gasteiger partial charge in [0.25, 0.3) is 0 Å². The fourth-order valence-electron chi connectivity index (χ4n) is 1.14. The number of alkyl halides is 2. The summed E-state index contributed by atoms with van der Waals surface area (Å²) in [7, 11) is -3.16. The minimum Gasteiger partial charge on any atom is -0.291 e. The summed E-state index contributed by atoms with van der Waals surface area (Å²) in [4.78, 5) is 0. The number of rotatable bonds is 5. The van der Waals surface area contributed by atoms with Gasteiger partial charge in [-0.3, -0.25) is 10.7 Å². The first-order valence-electron chi connectivity index (χ1n) is 4.51. The highest BCUT2D eigenvalue weighted by atomic mass is 31.1. The number of halogens is 2. The molecule has 16 heavy (non-hydrogen) atoms. The first-order valence-corrected chi connectivity index (χ1v) is 5.69. The number of benzene rings is 1. The molecular formula is C9H11F2NO3P+. The van der Waals surface area contributed by atoms with Crippen molar-refractivity contribution in [3.63, 3.8) is 0 Å². The molecule has 0 saturated heterocycles. The van der Waals surface area contributed by atoms with E-state index < -0.39 is 19.3 Å². The minimum absolute atomic E-state index is 0.0699. The van der Waals surface area contributed by atoms with Gasteiger partial charge in [-0.15, -0.1) is 13.3 Å². The number of hydrogen-bond acceptors (Lipinski definition) is 4. The van der Waals surface area contributed by atoms with Crippen LogP contribution in [0.2, 0.25) is 0 Å². The Balaban J connectivity index is 3.10. The van der Waals surface area contributed by atoms with Crippen molar-refractivity contribution in [1.29, 1.82) is 0 Å². The van der Waals surface area contributed by atoms with Crippen LogP contribution in [0.25, 0.3) is 0 Å². The molecule has 0 heterocycles. The average molecular weight is 250 g/mol. The lowest BCUT2D eigenvalue weighted by Gasteiger charge is -2.09. The summed E-state index contributed by atoms with van der Waals surface area (Å²) in [5, 5.41) is 8.67. The van der Waals surface area contributed by atoms with Gasteiger partial charge < -0.3 is 0 Å². The molecular weight excluding hydrogens is 239 g/mol. The van der Waals surface area contributed by atoms with Gasteiger partial charge in [0.05, 0.1) is 12.3 Å². The largest absolute Gasteiger partial charge is 0.592 e. The van der Waals surface area contributed by atoms with Crippen molar-refractivity contribution < 1.29 is 23.1 Å². The van der Waals surface area contributed by atoms with Crippen molar-refractivity contribution in [1.82, 2.24) is 0 Å². The van der Waals surface area contributed by atoms with Gasteiger partial charge in [-0.25, -0.2) is 0 Å². The smallest absolute Gasteiger partial charge is 0.291 e. The Bertz CT molecular complexity index is 387. The van der Waals surface area contributed by atoms with Crippen LogP contribution in [0, 0.1) is 0 Å². The maximum absolute atomic E-state index is 13.6. The number of para-hydroxylation sites is 1. The lowest BCUT2D eigenvalue weighted by Crippen LogP contribution is -2.12. The van der Waals surface area contributed by atoms with Crippen molar-refractivity contribution in [3.8, 4) is 0 Å². The molecule has 4 nitrogen and oxygen atoms in total. The van der Waals surface area contributed by atoms with E-state index in [0.29, 0.717) is 0 Å². The fourth-order valence-corrected chi connectivity index (χ4v) is 1.93. The number of anilines is 1. The van der Waals surface area contributed by atoms with E-state index in [-0.39, 0.29) is 12.3 Å². The molecule has 1 aromatic carbocycles. The molecule has 0 aromatic heterocycles. The molecule has 0 spiro atoms. The second-order valence-corrected chi connectivity index (χ2v) is 4.21. The predicted octanol–water partition coefficient (Wildman–Crippen LogP) is 3.32. The molecule has 0 aliphatic carbocycles. The molecule has 1 rings (SSSR count). The van der Waals surface area contributed by atoms with E-state index >= 15 is 0 Å². The summed E-state index contributed by atoms with van der Waals surface area (Å²) in [5.74, 6) is 0. The van der Waals surface area contributed by atoms with E-state index in [9.17, 15) is 13.3 Å². The Labute approximate surface area is 92.1 Å². The van der Waals surface area contributed by atoms with Crippen LogP contribution in [0.1, 0.15) is 12.5 Å². The van der Waals surface area contributed by atoms with Crippen LogP contribution in [0.5, 0.6) is 0 Å². The Morgan fingerprint density at radius 3 is 2.69 bits per heavy atom. The predicted molar refractivity (Wildman–Crippen MR) is 55.0 cm³/mol. The molecule has 0 radical (unpaired) electrons. The van der Waals surface area contributed by atoms with Crippen LogP contribution < -0.4 is 5.48 Å². The van der Waals surface area contributed by atoms with Crippen LogP contribution >= 0.6 is 8.03 Å². The SMILES string of the molecule is CCO[P+](=O)C(F)(F)c1ccccc1NO. The zero-order valence-electron chi connectivity index (χ0n) is 8.48. The molecule has 0 aliphatic heterocycles. The third-order valence-electron chi connectivity index (χ3n) is 1.85. The van der Waals surface area contributed by atoms with Crippen molar-refractivity contribution in [2.45, 2.75) is 12.6 Å². The summed E-state index contributed by atoms with van der Waals surface area (Å²) in [6.07, 6.45) is 0. The molecule has 88 valence electrons. The molecule has 1 aromatic rings. The van der Waals surface area contributed by atoms with E-state index in [4.69, 9.17) is 5.21 Å². The highest BCUT2D eigenvalue weighted by Crippen LogP contribution is 2.52. The van der Waals surface area contributed by atoms with Crippen LogP contribution in [-0.2, 0) is 14.8 Å². The number of nitrogens with one attached hydrogen (secondary N) is 1. The minimum atomic E-state index is -3.64. The fraction of sp³-hybridized carbons (Fsp3) is 0.333. The monoisotopic (exact) mass is 250 g/mol. The Morgan fingerprint density at radius 1 is 1.50 bits per heavy atom. The zero-order valence-corrected chi connectivity index (χ0v) is 9.38. The van der Waals surface area contributed by atoms with E-state index in [0.717, 1.165) is 6.07 Å². The van der Waals surface area contributed by atoms with E-state index in [1.54, 1.807) is 5.48 Å². The summed E-state index contributed by atoms with van der Waals surface area (Å²) in [6, 6.07) is 5.15. The third-order valence-corrected chi connectivity index (χ3v) is 3.04. The standard InChI is InChI=1S/C9H11F2NO3P/c1-2-15-16(14)9(10,11)7-5-3-4-6-8(7)12-13/h3-6,12-13H,2H2,1H3/q+1. The first-order chi connectivity index (χ1) is 7.54. The van der Waals surface area contributed by atoms with Gasteiger partial charge in [0.1, 0.15) is 5.56 Å². The summed E-state index contributed by atoms with van der Waals surface area (Å²) in [5.41, 5.74) is -2.77. The van der Waals surface area contributed by atoms with Gasteiger partial charge in [0.15, 0.2) is 0 Å². The van der Waals surface area contributed by atoms with Crippen molar-refractivity contribution in [2.24, 2.45) is 0 Å². The second-order valence-electron chi connectivity index (χ2n) is 2.87. The molecule has 0 fully saturated rings. The quantitative estimate of drug-likeness (QED) is 0.621. The van der Waals surface area contributed by atoms with Crippen molar-refractivity contribution in [2.75, 3.05) is 12.1 Å². The molecule has 0 saturated carbocycles. The van der Waals surface area contributed by atoms with Crippen LogP contribution in [0.3, 0.4) is 0 Å². The molecule has 7 heteroatoms. The molecule has 1 atom stereocenters. The Morgan fingerprint density at radius 2 is 2.12 bits per heavy atom. The van der Waals surface area contributed by atoms with Gasteiger partial charge in [0.2, 0.25) is 0 Å². The van der Waals surface area contributed by atoms with E-state index in [1.165, 1.54) is 25.1 Å². The maximum Gasteiger partial charge on any atom is 0.592 e.